The maximum absolute atomic E-state index is 11.6. The first kappa shape index (κ1) is 14.6. The molecule has 1 aliphatic heterocycles. The van der Waals surface area contributed by atoms with Crippen molar-refractivity contribution >= 4 is 5.97 Å². The summed E-state index contributed by atoms with van der Waals surface area (Å²) < 4.78 is 4.98. The summed E-state index contributed by atoms with van der Waals surface area (Å²) in [6.07, 6.45) is 0.909. The average Bonchev–Trinajstić information content (AvgIpc) is 2.68. The van der Waals surface area contributed by atoms with E-state index in [1.54, 1.807) is 12.1 Å². The van der Waals surface area contributed by atoms with E-state index in [1.807, 2.05) is 4.90 Å². The van der Waals surface area contributed by atoms with Gasteiger partial charge in [-0.05, 0) is 30.7 Å². The largest absolute Gasteiger partial charge is 0.504 e. The summed E-state index contributed by atoms with van der Waals surface area (Å²) >= 11 is 0. The molecule has 20 heavy (non-hydrogen) atoms. The number of aromatic hydroxyl groups is 1. The fraction of sp³-hybridized carbons (Fsp3) is 0.500. The minimum Gasteiger partial charge on any atom is -0.504 e. The first-order valence-corrected chi connectivity index (χ1v) is 6.68. The number of aliphatic carboxylic acids is 1. The van der Waals surface area contributed by atoms with Gasteiger partial charge in [-0.25, -0.2) is 0 Å². The number of carbonyl (C=O) groups is 1. The number of hydrogen-bond donors (Lipinski definition) is 3. The van der Waals surface area contributed by atoms with Crippen LogP contribution in [0.15, 0.2) is 18.2 Å². The van der Waals surface area contributed by atoms with Gasteiger partial charge in [-0.1, -0.05) is 6.07 Å². The van der Waals surface area contributed by atoms with Crippen LogP contribution in [0.3, 0.4) is 0 Å². The first-order chi connectivity index (χ1) is 9.63. The molecule has 2 rings (SSSR count). The molecule has 1 atom stereocenters. The number of rotatable bonds is 4. The molecule has 0 bridgehead atoms. The molecule has 1 heterocycles. The summed E-state index contributed by atoms with van der Waals surface area (Å²) in [4.78, 5) is 13.5. The number of carboxylic acids is 1. The lowest BCUT2D eigenvalue weighted by Gasteiger charge is -2.27. The molecule has 0 aliphatic carbocycles. The van der Waals surface area contributed by atoms with Gasteiger partial charge in [-0.3, -0.25) is 9.69 Å². The molecule has 1 aromatic carbocycles. The van der Waals surface area contributed by atoms with Gasteiger partial charge in [0.1, 0.15) is 6.04 Å². The lowest BCUT2D eigenvalue weighted by molar-refractivity contribution is -0.143. The van der Waals surface area contributed by atoms with E-state index in [1.165, 1.54) is 13.2 Å². The molecular weight excluding hydrogens is 260 g/mol. The van der Waals surface area contributed by atoms with Crippen LogP contribution < -0.4 is 10.1 Å². The van der Waals surface area contributed by atoms with E-state index in [2.05, 4.69) is 5.32 Å². The van der Waals surface area contributed by atoms with Crippen molar-refractivity contribution < 1.29 is 19.7 Å². The van der Waals surface area contributed by atoms with Gasteiger partial charge < -0.3 is 20.3 Å². The van der Waals surface area contributed by atoms with Crippen LogP contribution in [0, 0.1) is 0 Å². The van der Waals surface area contributed by atoms with Gasteiger partial charge in [0.2, 0.25) is 0 Å². The summed E-state index contributed by atoms with van der Waals surface area (Å²) in [6, 6.07) is 4.01. The third-order valence-electron chi connectivity index (χ3n) is 3.49. The molecule has 1 unspecified atom stereocenters. The van der Waals surface area contributed by atoms with Crippen molar-refractivity contribution in [2.24, 2.45) is 0 Å². The molecule has 0 saturated carbocycles. The molecule has 0 aromatic heterocycles. The molecule has 0 radical (unpaired) electrons. The Morgan fingerprint density at radius 2 is 2.20 bits per heavy atom. The Kier molecular flexibility index (Phi) is 4.81. The predicted molar refractivity (Wildman–Crippen MR) is 74.1 cm³/mol. The van der Waals surface area contributed by atoms with E-state index in [-0.39, 0.29) is 5.75 Å². The number of phenolic OH excluding ortho intramolecular Hbond substituents is 1. The fourth-order valence-electron chi connectivity index (χ4n) is 2.51. The molecule has 1 saturated heterocycles. The lowest BCUT2D eigenvalue weighted by atomic mass is 10.0. The van der Waals surface area contributed by atoms with E-state index in [0.29, 0.717) is 17.9 Å². The SMILES string of the molecule is COc1ccc(C(C(=O)O)N2CCCNCC2)cc1O. The Morgan fingerprint density at radius 1 is 1.40 bits per heavy atom. The molecule has 0 spiro atoms. The maximum Gasteiger partial charge on any atom is 0.325 e. The number of nitrogens with zero attached hydrogens (tertiary/aromatic N) is 1. The van der Waals surface area contributed by atoms with Crippen molar-refractivity contribution in [3.8, 4) is 11.5 Å². The van der Waals surface area contributed by atoms with Gasteiger partial charge in [0.25, 0.3) is 0 Å². The highest BCUT2D eigenvalue weighted by Crippen LogP contribution is 2.31. The Morgan fingerprint density at radius 3 is 2.85 bits per heavy atom. The zero-order chi connectivity index (χ0) is 14.5. The summed E-state index contributed by atoms with van der Waals surface area (Å²) in [5.41, 5.74) is 0.567. The Balaban J connectivity index is 2.27. The van der Waals surface area contributed by atoms with Crippen LogP contribution in [0.5, 0.6) is 11.5 Å². The van der Waals surface area contributed by atoms with Crippen molar-refractivity contribution in [2.75, 3.05) is 33.3 Å². The lowest BCUT2D eigenvalue weighted by Crippen LogP contribution is -2.36. The highest BCUT2D eigenvalue weighted by atomic mass is 16.5. The molecule has 1 aliphatic rings. The van der Waals surface area contributed by atoms with E-state index < -0.39 is 12.0 Å². The summed E-state index contributed by atoms with van der Waals surface area (Å²) in [6.45, 7) is 3.06. The minimum atomic E-state index is -0.906. The Hall–Kier alpha value is -1.79. The van der Waals surface area contributed by atoms with Crippen LogP contribution in [0.1, 0.15) is 18.0 Å². The van der Waals surface area contributed by atoms with Crippen LogP contribution in [-0.2, 0) is 4.79 Å². The number of methoxy groups -OCH3 is 1. The van der Waals surface area contributed by atoms with Crippen LogP contribution in [-0.4, -0.2) is 54.4 Å². The Labute approximate surface area is 118 Å². The number of benzene rings is 1. The minimum absolute atomic E-state index is 0.0378. The van der Waals surface area contributed by atoms with E-state index in [9.17, 15) is 15.0 Å². The van der Waals surface area contributed by atoms with Crippen molar-refractivity contribution in [1.82, 2.24) is 10.2 Å². The topological polar surface area (TPSA) is 82.0 Å². The van der Waals surface area contributed by atoms with Crippen LogP contribution in [0.25, 0.3) is 0 Å². The summed E-state index contributed by atoms with van der Waals surface area (Å²) in [7, 11) is 1.46. The normalized spacial score (nSPS) is 18.2. The maximum atomic E-state index is 11.6. The van der Waals surface area contributed by atoms with Gasteiger partial charge in [0.05, 0.1) is 7.11 Å². The number of ether oxygens (including phenoxy) is 1. The van der Waals surface area contributed by atoms with Crippen molar-refractivity contribution in [3.05, 3.63) is 23.8 Å². The highest BCUT2D eigenvalue weighted by molar-refractivity contribution is 5.76. The number of phenols is 1. The van der Waals surface area contributed by atoms with Crippen LogP contribution in [0.2, 0.25) is 0 Å². The monoisotopic (exact) mass is 280 g/mol. The van der Waals surface area contributed by atoms with Gasteiger partial charge in [0.15, 0.2) is 11.5 Å². The van der Waals surface area contributed by atoms with Gasteiger partial charge >= 0.3 is 5.97 Å². The number of nitrogens with one attached hydrogen (secondary N) is 1. The zero-order valence-electron chi connectivity index (χ0n) is 11.5. The molecule has 3 N–H and O–H groups in total. The molecule has 6 nitrogen and oxygen atoms in total. The third-order valence-corrected chi connectivity index (χ3v) is 3.49. The molecule has 0 amide bonds. The summed E-state index contributed by atoms with van der Waals surface area (Å²) in [5.74, 6) is -0.601. The predicted octanol–water partition coefficient (Wildman–Crippen LogP) is 0.822. The highest BCUT2D eigenvalue weighted by Gasteiger charge is 2.28. The van der Waals surface area contributed by atoms with E-state index in [4.69, 9.17) is 4.74 Å². The molecule has 110 valence electrons. The van der Waals surface area contributed by atoms with E-state index in [0.717, 1.165) is 26.1 Å². The quantitative estimate of drug-likeness (QED) is 0.757. The third kappa shape index (κ3) is 3.20. The molecule has 1 fully saturated rings. The first-order valence-electron chi connectivity index (χ1n) is 6.68. The molecular formula is C14H20N2O4. The van der Waals surface area contributed by atoms with Crippen molar-refractivity contribution in [3.63, 3.8) is 0 Å². The van der Waals surface area contributed by atoms with Crippen LogP contribution in [0.4, 0.5) is 0 Å². The smallest absolute Gasteiger partial charge is 0.325 e. The standard InChI is InChI=1S/C14H20N2O4/c1-20-12-4-3-10(9-11(12)17)13(14(18)19)16-7-2-5-15-6-8-16/h3-4,9,13,15,17H,2,5-8H2,1H3,(H,18,19). The second-order valence-electron chi connectivity index (χ2n) is 4.81. The fourth-order valence-corrected chi connectivity index (χ4v) is 2.51. The Bertz CT molecular complexity index is 470. The van der Waals surface area contributed by atoms with Crippen molar-refractivity contribution in [1.29, 1.82) is 0 Å². The molecule has 6 heteroatoms. The van der Waals surface area contributed by atoms with Gasteiger partial charge in [0, 0.05) is 19.6 Å². The van der Waals surface area contributed by atoms with Crippen molar-refractivity contribution in [2.45, 2.75) is 12.5 Å². The number of hydrogen-bond acceptors (Lipinski definition) is 5. The van der Waals surface area contributed by atoms with E-state index >= 15 is 0 Å². The average molecular weight is 280 g/mol. The molecule has 1 aromatic rings. The zero-order valence-corrected chi connectivity index (χ0v) is 11.5. The number of carboxylic acid groups (broad SMARTS) is 1. The second kappa shape index (κ2) is 6.58. The second-order valence-corrected chi connectivity index (χ2v) is 4.81. The van der Waals surface area contributed by atoms with Crippen LogP contribution >= 0.6 is 0 Å². The van der Waals surface area contributed by atoms with Gasteiger partial charge in [-0.2, -0.15) is 0 Å². The summed E-state index contributed by atoms with van der Waals surface area (Å²) in [5, 5.41) is 22.6. The van der Waals surface area contributed by atoms with Gasteiger partial charge in [-0.15, -0.1) is 0 Å².